The molecule has 2 aromatic rings. The fraction of sp³-hybridized carbons (Fsp3) is 0.250. The fourth-order valence-electron chi connectivity index (χ4n) is 1.38. The average molecular weight is 266 g/mol. The van der Waals surface area contributed by atoms with Crippen molar-refractivity contribution < 1.29 is 12.9 Å². The highest BCUT2D eigenvalue weighted by molar-refractivity contribution is 7.93. The third kappa shape index (κ3) is 2.53. The van der Waals surface area contributed by atoms with Crippen molar-refractivity contribution >= 4 is 15.9 Å². The molecular weight excluding hydrogens is 252 g/mol. The zero-order chi connectivity index (χ0) is 13.2. The molecule has 2 rings (SSSR count). The van der Waals surface area contributed by atoms with Gasteiger partial charge in [-0.15, -0.1) is 0 Å². The van der Waals surface area contributed by atoms with Crippen LogP contribution in [-0.4, -0.2) is 18.8 Å². The molecule has 0 aliphatic heterocycles. The van der Waals surface area contributed by atoms with E-state index >= 15 is 0 Å². The number of hydrogen-bond donors (Lipinski definition) is 1. The van der Waals surface area contributed by atoms with Crippen LogP contribution in [0, 0.1) is 0 Å². The predicted octanol–water partition coefficient (Wildman–Crippen LogP) is 2.49. The lowest BCUT2D eigenvalue weighted by Gasteiger charge is -2.09. The minimum absolute atomic E-state index is 0.148. The molecule has 1 heterocycles. The van der Waals surface area contributed by atoms with Gasteiger partial charge in [0.1, 0.15) is 0 Å². The third-order valence-electron chi connectivity index (χ3n) is 2.51. The van der Waals surface area contributed by atoms with E-state index in [9.17, 15) is 8.42 Å². The Balaban J connectivity index is 2.36. The van der Waals surface area contributed by atoms with Crippen LogP contribution < -0.4 is 4.72 Å². The van der Waals surface area contributed by atoms with Gasteiger partial charge in [-0.3, -0.25) is 4.72 Å². The quantitative estimate of drug-likeness (QED) is 0.922. The summed E-state index contributed by atoms with van der Waals surface area (Å²) in [5, 5.41) is 3.10. The molecule has 1 aromatic carbocycles. The van der Waals surface area contributed by atoms with Gasteiger partial charge in [0, 0.05) is 0 Å². The van der Waals surface area contributed by atoms with Crippen LogP contribution in [0.5, 0.6) is 0 Å². The first kappa shape index (κ1) is 12.6. The summed E-state index contributed by atoms with van der Waals surface area (Å²) in [5.74, 6) is 0.148. The van der Waals surface area contributed by atoms with Gasteiger partial charge in [-0.25, -0.2) is 8.42 Å². The smallest absolute Gasteiger partial charge is 0.245 e. The van der Waals surface area contributed by atoms with E-state index in [0.29, 0.717) is 5.56 Å². The maximum atomic E-state index is 11.8. The zero-order valence-electron chi connectivity index (χ0n) is 10.1. The Bertz CT molecular complexity index is 618. The van der Waals surface area contributed by atoms with Crippen molar-refractivity contribution in [2.75, 3.05) is 4.72 Å². The molecular formula is C12H14N2O3S. The van der Waals surface area contributed by atoms with Gasteiger partial charge in [-0.05, 0) is 19.4 Å². The van der Waals surface area contributed by atoms with Crippen molar-refractivity contribution in [2.24, 2.45) is 0 Å². The van der Waals surface area contributed by atoms with E-state index in [0.717, 1.165) is 5.56 Å². The van der Waals surface area contributed by atoms with Crippen molar-refractivity contribution in [1.29, 1.82) is 0 Å². The molecule has 1 N–H and O–H groups in total. The molecule has 0 saturated carbocycles. The molecule has 0 amide bonds. The Morgan fingerprint density at radius 2 is 1.89 bits per heavy atom. The van der Waals surface area contributed by atoms with E-state index in [2.05, 4.69) is 9.88 Å². The van der Waals surface area contributed by atoms with Crippen molar-refractivity contribution in [3.05, 3.63) is 36.5 Å². The molecule has 0 spiro atoms. The molecule has 5 nitrogen and oxygen atoms in total. The molecule has 1 aromatic heterocycles. The summed E-state index contributed by atoms with van der Waals surface area (Å²) in [7, 11) is -3.44. The van der Waals surface area contributed by atoms with E-state index in [4.69, 9.17) is 4.52 Å². The molecule has 18 heavy (non-hydrogen) atoms. The highest BCUT2D eigenvalue weighted by Gasteiger charge is 2.20. The molecule has 0 aliphatic carbocycles. The topological polar surface area (TPSA) is 72.2 Å². The summed E-state index contributed by atoms with van der Waals surface area (Å²) in [6.07, 6.45) is 1.49. The number of hydrogen-bond acceptors (Lipinski definition) is 4. The molecule has 0 saturated heterocycles. The molecule has 0 unspecified atom stereocenters. The molecule has 6 heteroatoms. The molecule has 0 radical (unpaired) electrons. The van der Waals surface area contributed by atoms with Crippen LogP contribution in [0.25, 0.3) is 11.1 Å². The molecule has 0 fully saturated rings. The van der Waals surface area contributed by atoms with Crippen LogP contribution in [0.2, 0.25) is 0 Å². The summed E-state index contributed by atoms with van der Waals surface area (Å²) >= 11 is 0. The second-order valence-corrected chi connectivity index (χ2v) is 6.37. The van der Waals surface area contributed by atoms with Crippen molar-refractivity contribution in [2.45, 2.75) is 19.1 Å². The number of nitrogens with zero attached hydrogens (tertiary/aromatic N) is 1. The third-order valence-corrected chi connectivity index (χ3v) is 4.22. The lowest BCUT2D eigenvalue weighted by atomic mass is 10.1. The number of nitrogens with one attached hydrogen (secondary N) is 1. The lowest BCUT2D eigenvalue weighted by molar-refractivity contribution is 0.435. The van der Waals surface area contributed by atoms with Crippen LogP contribution >= 0.6 is 0 Å². The van der Waals surface area contributed by atoms with Crippen molar-refractivity contribution in [3.8, 4) is 11.1 Å². The normalized spacial score (nSPS) is 11.7. The van der Waals surface area contributed by atoms with Gasteiger partial charge in [0.2, 0.25) is 15.9 Å². The van der Waals surface area contributed by atoms with E-state index in [-0.39, 0.29) is 5.88 Å². The monoisotopic (exact) mass is 266 g/mol. The first-order chi connectivity index (χ1) is 8.50. The molecule has 0 aliphatic rings. The Kier molecular flexibility index (Phi) is 3.38. The number of anilines is 1. The maximum Gasteiger partial charge on any atom is 0.245 e. The zero-order valence-corrected chi connectivity index (χ0v) is 10.9. The fourth-order valence-corrected chi connectivity index (χ4v) is 2.02. The number of aromatic nitrogens is 1. The Morgan fingerprint density at radius 3 is 2.50 bits per heavy atom. The summed E-state index contributed by atoms with van der Waals surface area (Å²) in [6, 6.07) is 9.33. The average Bonchev–Trinajstić information content (AvgIpc) is 2.77. The van der Waals surface area contributed by atoms with E-state index in [1.807, 2.05) is 30.3 Å². The predicted molar refractivity (Wildman–Crippen MR) is 69.6 cm³/mol. The summed E-state index contributed by atoms with van der Waals surface area (Å²) in [4.78, 5) is 0. The van der Waals surface area contributed by atoms with Crippen LogP contribution in [-0.2, 0) is 10.0 Å². The summed E-state index contributed by atoms with van der Waals surface area (Å²) < 4.78 is 30.9. The van der Waals surface area contributed by atoms with E-state index in [1.54, 1.807) is 13.8 Å². The number of sulfonamides is 1. The van der Waals surface area contributed by atoms with Gasteiger partial charge in [-0.1, -0.05) is 35.5 Å². The van der Waals surface area contributed by atoms with Gasteiger partial charge in [0.15, 0.2) is 0 Å². The van der Waals surface area contributed by atoms with Gasteiger partial charge in [-0.2, -0.15) is 0 Å². The Hall–Kier alpha value is -1.82. The van der Waals surface area contributed by atoms with Crippen LogP contribution in [0.3, 0.4) is 0 Å². The first-order valence-corrected chi connectivity index (χ1v) is 7.07. The number of rotatable bonds is 4. The van der Waals surface area contributed by atoms with Gasteiger partial charge < -0.3 is 4.52 Å². The second-order valence-electron chi connectivity index (χ2n) is 4.13. The SMILES string of the molecule is CC(C)S(=O)(=O)Nc1oncc1-c1ccccc1. The van der Waals surface area contributed by atoms with Gasteiger partial charge >= 0.3 is 0 Å². The minimum atomic E-state index is -3.44. The largest absolute Gasteiger partial charge is 0.337 e. The standard InChI is InChI=1S/C12H14N2O3S/c1-9(2)18(15,16)14-12-11(8-13-17-12)10-6-4-3-5-7-10/h3-9,14H,1-2H3. The minimum Gasteiger partial charge on any atom is -0.337 e. The second kappa shape index (κ2) is 4.81. The highest BCUT2D eigenvalue weighted by atomic mass is 32.2. The van der Waals surface area contributed by atoms with Gasteiger partial charge in [0.05, 0.1) is 17.0 Å². The van der Waals surface area contributed by atoms with Crippen molar-refractivity contribution in [1.82, 2.24) is 5.16 Å². The number of benzene rings is 1. The Labute approximate surface area is 106 Å². The van der Waals surface area contributed by atoms with E-state index in [1.165, 1.54) is 6.20 Å². The lowest BCUT2D eigenvalue weighted by Crippen LogP contribution is -2.22. The summed E-state index contributed by atoms with van der Waals surface area (Å²) in [5.41, 5.74) is 1.47. The Morgan fingerprint density at radius 1 is 1.22 bits per heavy atom. The van der Waals surface area contributed by atoms with E-state index < -0.39 is 15.3 Å². The first-order valence-electron chi connectivity index (χ1n) is 5.52. The molecule has 0 bridgehead atoms. The summed E-state index contributed by atoms with van der Waals surface area (Å²) in [6.45, 7) is 3.20. The molecule has 0 atom stereocenters. The maximum absolute atomic E-state index is 11.8. The van der Waals surface area contributed by atoms with Crippen LogP contribution in [0.4, 0.5) is 5.88 Å². The molecule has 96 valence electrons. The van der Waals surface area contributed by atoms with Crippen molar-refractivity contribution in [3.63, 3.8) is 0 Å². The van der Waals surface area contributed by atoms with Crippen LogP contribution in [0.15, 0.2) is 41.1 Å². The van der Waals surface area contributed by atoms with Gasteiger partial charge in [0.25, 0.3) is 0 Å². The van der Waals surface area contributed by atoms with Crippen LogP contribution in [0.1, 0.15) is 13.8 Å². The highest BCUT2D eigenvalue weighted by Crippen LogP contribution is 2.28.